The second-order valence-electron chi connectivity index (χ2n) is 18.4. The monoisotopic (exact) mass is 1290 g/mol. The molecule has 16 rings (SSSR count). The van der Waals surface area contributed by atoms with E-state index in [9.17, 15) is 0 Å². The van der Waals surface area contributed by atoms with Crippen molar-refractivity contribution in [3.63, 3.8) is 0 Å². The van der Waals surface area contributed by atoms with Gasteiger partial charge in [-0.2, -0.15) is 93.3 Å². The maximum Gasteiger partial charge on any atom is 2.00 e. The van der Waals surface area contributed by atoms with Crippen molar-refractivity contribution in [1.29, 1.82) is 0 Å². The largest absolute Gasteiger partial charge is 2.00 e. The van der Waals surface area contributed by atoms with Crippen molar-refractivity contribution in [2.75, 3.05) is 0 Å². The van der Waals surface area contributed by atoms with Gasteiger partial charge in [-0.15, -0.1) is 42.3 Å². The number of fused-ring (bicyclic) bond motifs is 15. The Morgan fingerprint density at radius 1 is 0.370 bits per heavy atom. The van der Waals surface area contributed by atoms with Crippen molar-refractivity contribution < 1.29 is 42.1 Å². The van der Waals surface area contributed by atoms with E-state index in [0.29, 0.717) is 5.95 Å². The zero-order valence-corrected chi connectivity index (χ0v) is 42.8. The Labute approximate surface area is 447 Å². The molecule has 0 radical (unpaired) electrons. The quantitative estimate of drug-likeness (QED) is 0.131. The molecule has 0 N–H and O–H groups in total. The molecule has 0 aliphatic carbocycles. The van der Waals surface area contributed by atoms with Gasteiger partial charge in [0.1, 0.15) is 11.6 Å². The summed E-state index contributed by atoms with van der Waals surface area (Å²) < 4.78 is 6.50. The van der Waals surface area contributed by atoms with Gasteiger partial charge in [0.05, 0.1) is 0 Å². The molecular weight excluding hydrogens is 1260 g/mol. The first-order chi connectivity index (χ1) is 35.2. The van der Waals surface area contributed by atoms with Gasteiger partial charge in [0, 0.05) is 23.4 Å². The number of benzene rings is 8. The van der Waals surface area contributed by atoms with Crippen molar-refractivity contribution in [3.05, 3.63) is 213 Å². The van der Waals surface area contributed by atoms with Gasteiger partial charge in [0.15, 0.2) is 19.8 Å². The fraction of sp³-hybridized carbons (Fsp3) is 0. The van der Waals surface area contributed by atoms with Crippen LogP contribution < -0.4 is 32.8 Å². The SMILES string of the molecule is [Pt+2].[Pt+2].[c-]1c2c(cc3c4cc5c([c-]c4n(-c4nncnn4)c13)B(c1[c-]c3c(cc1)c1ccccc1n3-c1ccccn1)c1ccccc1-5)-c1ccccc1B2c1[c-]c2c(cc1)c1ccccc1n2-c1ccccn1. The van der Waals surface area contributed by atoms with Crippen LogP contribution in [-0.2, 0) is 42.1 Å². The van der Waals surface area contributed by atoms with E-state index >= 15 is 0 Å². The topological polar surface area (TPSA) is 92.1 Å². The van der Waals surface area contributed by atoms with Crippen LogP contribution in [0.4, 0.5) is 0 Å². The molecule has 9 nitrogen and oxygen atoms in total. The summed E-state index contributed by atoms with van der Waals surface area (Å²) in [5, 5.41) is 24.3. The number of pyridine rings is 2. The maximum absolute atomic E-state index is 4.81. The van der Waals surface area contributed by atoms with Crippen LogP contribution in [0.25, 0.3) is 105 Å². The molecule has 2 aliphatic heterocycles. The minimum atomic E-state index is -0.165. The van der Waals surface area contributed by atoms with Crippen molar-refractivity contribution >= 4 is 112 Å². The zero-order chi connectivity index (χ0) is 46.3. The molecule has 73 heavy (non-hydrogen) atoms. The average Bonchev–Trinajstić information content (AvgIpc) is 4.21. The second kappa shape index (κ2) is 16.7. The molecule has 8 heterocycles. The first-order valence-electron chi connectivity index (χ1n) is 23.7. The molecule has 2 aliphatic rings. The summed E-state index contributed by atoms with van der Waals surface area (Å²) >= 11 is 0. The maximum atomic E-state index is 4.81. The van der Waals surface area contributed by atoms with Crippen LogP contribution in [0.2, 0.25) is 0 Å². The van der Waals surface area contributed by atoms with E-state index in [-0.39, 0.29) is 55.6 Å². The minimum Gasteiger partial charge on any atom is -0.326 e. The molecule has 13 heteroatoms. The van der Waals surface area contributed by atoms with Gasteiger partial charge < -0.3 is 13.7 Å². The van der Waals surface area contributed by atoms with Gasteiger partial charge in [0.25, 0.3) is 5.95 Å². The van der Waals surface area contributed by atoms with Gasteiger partial charge in [-0.05, 0) is 47.2 Å². The second-order valence-corrected chi connectivity index (χ2v) is 18.4. The van der Waals surface area contributed by atoms with Gasteiger partial charge >= 0.3 is 42.1 Å². The Morgan fingerprint density at radius 3 is 1.29 bits per heavy atom. The Bertz CT molecular complexity index is 4290. The fourth-order valence-electron chi connectivity index (χ4n) is 11.9. The smallest absolute Gasteiger partial charge is 0.326 e. The third kappa shape index (κ3) is 6.25. The van der Waals surface area contributed by atoms with Crippen LogP contribution in [0.3, 0.4) is 0 Å². The standard InChI is InChI=1S/C60H31B2N9.2Pt/c1-5-17-48-38(13-1)44-31-46-47-32-45-39-14-2-6-18-49(39)62(37-24-26-43-41-16-4-8-20-53(41)70(55(43)30-37)59-22-10-12-28-64-59)51(45)34-57(47)71(60-67-65-35-66-68-60)56(46)33-50(44)61(48)36-23-25-42-40-15-3-7-19-52(40)69(54(42)29-36)58-21-9-11-27-63-58;;/h1-28,31-32,35H;;/q-4;2*+2. The molecule has 0 atom stereocenters. The van der Waals surface area contributed by atoms with Crippen molar-refractivity contribution in [3.8, 4) is 39.8 Å². The van der Waals surface area contributed by atoms with Gasteiger partial charge in [-0.1, -0.05) is 141 Å². The normalized spacial score (nSPS) is 12.4. The Balaban J connectivity index is 0.00000247. The molecule has 0 amide bonds. The van der Waals surface area contributed by atoms with Crippen LogP contribution >= 0.6 is 0 Å². The average molecular weight is 1290 g/mol. The first kappa shape index (κ1) is 43.7. The summed E-state index contributed by atoms with van der Waals surface area (Å²) in [6.45, 7) is -0.330. The summed E-state index contributed by atoms with van der Waals surface area (Å²) in [7, 11) is 0. The zero-order valence-electron chi connectivity index (χ0n) is 38.2. The van der Waals surface area contributed by atoms with E-state index in [4.69, 9.17) is 9.97 Å². The number of rotatable bonds is 5. The molecule has 0 bridgehead atoms. The summed E-state index contributed by atoms with van der Waals surface area (Å²) in [4.78, 5) is 9.62. The fourth-order valence-corrected chi connectivity index (χ4v) is 11.9. The van der Waals surface area contributed by atoms with E-state index in [1.807, 2.05) is 41.2 Å². The molecule has 6 aromatic heterocycles. The Kier molecular flexibility index (Phi) is 10.0. The van der Waals surface area contributed by atoms with Crippen LogP contribution in [0.1, 0.15) is 0 Å². The molecule has 0 spiro atoms. The molecule has 0 saturated heterocycles. The third-order valence-corrected chi connectivity index (χ3v) is 14.8. The molecule has 0 fully saturated rings. The van der Waals surface area contributed by atoms with Crippen LogP contribution in [-0.4, -0.2) is 57.5 Å². The predicted molar refractivity (Wildman–Crippen MR) is 285 cm³/mol. The first-order valence-corrected chi connectivity index (χ1v) is 23.7. The van der Waals surface area contributed by atoms with Gasteiger partial charge in [-0.3, -0.25) is 0 Å². The van der Waals surface area contributed by atoms with Crippen LogP contribution in [0, 0.1) is 24.3 Å². The Hall–Kier alpha value is -8.09. The molecule has 8 aromatic carbocycles. The summed E-state index contributed by atoms with van der Waals surface area (Å²) in [6.07, 6.45) is 5.06. The Morgan fingerprint density at radius 2 is 0.808 bits per heavy atom. The van der Waals surface area contributed by atoms with Gasteiger partial charge in [-0.25, -0.2) is 9.97 Å². The summed E-state index contributed by atoms with van der Waals surface area (Å²) in [5.41, 5.74) is 17.0. The number of nitrogens with zero attached hydrogens (tertiary/aromatic N) is 9. The van der Waals surface area contributed by atoms with Crippen molar-refractivity contribution in [2.45, 2.75) is 0 Å². The van der Waals surface area contributed by atoms with E-state index in [0.717, 1.165) is 110 Å². The summed E-state index contributed by atoms with van der Waals surface area (Å²) in [5.74, 6) is 2.04. The molecular formula is C60H31B2N9Pt2. The van der Waals surface area contributed by atoms with E-state index in [1.165, 1.54) is 28.4 Å². The minimum absolute atomic E-state index is 0. The summed E-state index contributed by atoms with van der Waals surface area (Å²) in [6, 6.07) is 76.1. The van der Waals surface area contributed by atoms with Gasteiger partial charge in [0.2, 0.25) is 0 Å². The van der Waals surface area contributed by atoms with Crippen molar-refractivity contribution in [1.82, 2.24) is 44.1 Å². The van der Waals surface area contributed by atoms with E-state index in [2.05, 4.69) is 199 Å². The molecule has 0 unspecified atom stereocenters. The van der Waals surface area contributed by atoms with Crippen LogP contribution in [0.15, 0.2) is 189 Å². The molecule has 342 valence electrons. The molecule has 0 saturated carbocycles. The van der Waals surface area contributed by atoms with E-state index in [1.54, 1.807) is 0 Å². The third-order valence-electron chi connectivity index (χ3n) is 14.8. The number of aromatic nitrogens is 9. The number of hydrogen-bond donors (Lipinski definition) is 0. The van der Waals surface area contributed by atoms with Crippen LogP contribution in [0.5, 0.6) is 0 Å². The molecule has 14 aromatic rings. The predicted octanol–water partition coefficient (Wildman–Crippen LogP) is 7.54. The number of hydrogen-bond acceptors (Lipinski definition) is 6. The van der Waals surface area contributed by atoms with E-state index < -0.39 is 0 Å². The van der Waals surface area contributed by atoms with Crippen molar-refractivity contribution in [2.24, 2.45) is 0 Å². The number of para-hydroxylation sites is 2.